The molecule has 2 aliphatic rings. The molecule has 0 bridgehead atoms. The number of aromatic nitrogens is 3. The number of likely N-dealkylation sites (tertiary alicyclic amines) is 1. The third kappa shape index (κ3) is 5.14. The van der Waals surface area contributed by atoms with E-state index >= 15 is 0 Å². The van der Waals surface area contributed by atoms with Crippen LogP contribution in [0.1, 0.15) is 48.5 Å². The molecular formula is C26H36N6O. The van der Waals surface area contributed by atoms with E-state index < -0.39 is 0 Å². The maximum absolute atomic E-state index is 5.53. The lowest BCUT2D eigenvalue weighted by atomic mass is 10.0. The van der Waals surface area contributed by atoms with Crippen molar-refractivity contribution in [1.29, 1.82) is 0 Å². The van der Waals surface area contributed by atoms with E-state index in [0.717, 1.165) is 74.4 Å². The summed E-state index contributed by atoms with van der Waals surface area (Å²) >= 11 is 0. The van der Waals surface area contributed by atoms with E-state index in [1.165, 1.54) is 36.8 Å². The number of nitrogens with one attached hydrogen (secondary N) is 2. The Bertz CT molecular complexity index is 1050. The second-order valence-electron chi connectivity index (χ2n) is 9.44. The maximum Gasteiger partial charge on any atom is 0.229 e. The van der Waals surface area contributed by atoms with Crippen molar-refractivity contribution in [2.75, 3.05) is 56.2 Å². The van der Waals surface area contributed by atoms with Gasteiger partial charge in [0.15, 0.2) is 0 Å². The van der Waals surface area contributed by atoms with E-state index in [0.29, 0.717) is 6.04 Å². The van der Waals surface area contributed by atoms with Gasteiger partial charge in [0.1, 0.15) is 11.5 Å². The van der Waals surface area contributed by atoms with Crippen molar-refractivity contribution in [3.63, 3.8) is 0 Å². The minimum atomic E-state index is 0.320. The molecule has 33 heavy (non-hydrogen) atoms. The van der Waals surface area contributed by atoms with Crippen LogP contribution in [0.5, 0.6) is 0 Å². The number of H-pyrrole nitrogens is 1. The Morgan fingerprint density at radius 1 is 0.970 bits per heavy atom. The summed E-state index contributed by atoms with van der Waals surface area (Å²) in [6.07, 6.45) is 5.22. The molecular weight excluding hydrogens is 412 g/mol. The Morgan fingerprint density at radius 2 is 1.70 bits per heavy atom. The fourth-order valence-corrected chi connectivity index (χ4v) is 5.02. The highest BCUT2D eigenvalue weighted by atomic mass is 16.5. The van der Waals surface area contributed by atoms with Crippen molar-refractivity contribution in [3.8, 4) is 0 Å². The molecule has 0 aliphatic carbocycles. The summed E-state index contributed by atoms with van der Waals surface area (Å²) in [5, 5.41) is 4.80. The second kappa shape index (κ2) is 10.1. The lowest BCUT2D eigenvalue weighted by Crippen LogP contribution is -2.37. The zero-order valence-corrected chi connectivity index (χ0v) is 19.9. The van der Waals surface area contributed by atoms with Crippen molar-refractivity contribution in [2.24, 2.45) is 0 Å². The minimum Gasteiger partial charge on any atom is -0.378 e. The molecule has 2 N–H and O–H groups in total. The van der Waals surface area contributed by atoms with Crippen LogP contribution >= 0.6 is 0 Å². The molecule has 1 unspecified atom stereocenters. The Kier molecular flexibility index (Phi) is 6.78. The van der Waals surface area contributed by atoms with E-state index in [1.807, 2.05) is 0 Å². The second-order valence-corrected chi connectivity index (χ2v) is 9.44. The molecule has 0 amide bonds. The van der Waals surface area contributed by atoms with Gasteiger partial charge >= 0.3 is 0 Å². The Morgan fingerprint density at radius 3 is 2.42 bits per heavy atom. The molecule has 5 rings (SSSR count). The quantitative estimate of drug-likeness (QED) is 0.581. The number of anilines is 2. The molecule has 2 fully saturated rings. The van der Waals surface area contributed by atoms with Crippen LogP contribution in [0.3, 0.4) is 0 Å². The van der Waals surface area contributed by atoms with Gasteiger partial charge in [0.25, 0.3) is 0 Å². The summed E-state index contributed by atoms with van der Waals surface area (Å²) in [6.45, 7) is 10.4. The SMILES string of the molecule is Cc1ccc(C(CNc2nc(N3CCOCC3)nc3[nH]c(C)cc23)N2CCCCCC2)cc1. The van der Waals surface area contributed by atoms with E-state index in [9.17, 15) is 0 Å². The standard InChI is InChI=1S/C26H36N6O/c1-19-7-9-21(10-8-19)23(31-11-5-3-4-6-12-31)18-27-24-22-17-20(2)28-25(22)30-26(29-24)32-13-15-33-16-14-32/h7-10,17,23H,3-6,11-16,18H2,1-2H3,(H2,27,28,29,30). The summed E-state index contributed by atoms with van der Waals surface area (Å²) in [6, 6.07) is 11.5. The molecule has 1 aromatic carbocycles. The molecule has 1 atom stereocenters. The summed E-state index contributed by atoms with van der Waals surface area (Å²) in [5.41, 5.74) is 4.67. The number of morpholine rings is 1. The van der Waals surface area contributed by atoms with Crippen molar-refractivity contribution in [2.45, 2.75) is 45.6 Å². The number of benzene rings is 1. The zero-order chi connectivity index (χ0) is 22.6. The fourth-order valence-electron chi connectivity index (χ4n) is 5.02. The van der Waals surface area contributed by atoms with Gasteiger partial charge < -0.3 is 19.9 Å². The van der Waals surface area contributed by atoms with E-state index in [4.69, 9.17) is 14.7 Å². The molecule has 7 nitrogen and oxygen atoms in total. The summed E-state index contributed by atoms with van der Waals surface area (Å²) in [5.74, 6) is 1.69. The van der Waals surface area contributed by atoms with Gasteiger partial charge in [0.05, 0.1) is 24.6 Å². The van der Waals surface area contributed by atoms with Crippen LogP contribution in [-0.4, -0.2) is 65.8 Å². The lowest BCUT2D eigenvalue weighted by molar-refractivity contribution is 0.122. The summed E-state index contributed by atoms with van der Waals surface area (Å²) in [4.78, 5) is 18.1. The first-order valence-corrected chi connectivity index (χ1v) is 12.4. The van der Waals surface area contributed by atoms with Gasteiger partial charge in [-0.2, -0.15) is 9.97 Å². The number of hydrogen-bond acceptors (Lipinski definition) is 6. The van der Waals surface area contributed by atoms with Crippen LogP contribution < -0.4 is 10.2 Å². The number of nitrogens with zero attached hydrogens (tertiary/aromatic N) is 4. The Hall–Kier alpha value is -2.64. The van der Waals surface area contributed by atoms with Crippen molar-refractivity contribution in [1.82, 2.24) is 19.9 Å². The highest BCUT2D eigenvalue weighted by Crippen LogP contribution is 2.28. The summed E-state index contributed by atoms with van der Waals surface area (Å²) < 4.78 is 5.53. The van der Waals surface area contributed by atoms with Gasteiger partial charge in [-0.15, -0.1) is 0 Å². The lowest BCUT2D eigenvalue weighted by Gasteiger charge is -2.32. The van der Waals surface area contributed by atoms with Crippen molar-refractivity contribution < 1.29 is 4.74 Å². The van der Waals surface area contributed by atoms with Gasteiger partial charge in [-0.25, -0.2) is 0 Å². The van der Waals surface area contributed by atoms with Crippen LogP contribution in [-0.2, 0) is 4.74 Å². The molecule has 4 heterocycles. The first-order chi connectivity index (χ1) is 16.2. The molecule has 2 saturated heterocycles. The molecule has 0 saturated carbocycles. The van der Waals surface area contributed by atoms with E-state index in [2.05, 4.69) is 64.3 Å². The topological polar surface area (TPSA) is 69.3 Å². The fraction of sp³-hybridized carbons (Fsp3) is 0.538. The van der Waals surface area contributed by atoms with Crippen LogP contribution in [0.25, 0.3) is 11.0 Å². The molecule has 0 spiro atoms. The van der Waals surface area contributed by atoms with Gasteiger partial charge in [-0.3, -0.25) is 4.90 Å². The highest BCUT2D eigenvalue weighted by molar-refractivity contribution is 5.89. The predicted molar refractivity (Wildman–Crippen MR) is 134 cm³/mol. The van der Waals surface area contributed by atoms with Crippen molar-refractivity contribution >= 4 is 22.8 Å². The number of aromatic amines is 1. The van der Waals surface area contributed by atoms with E-state index in [-0.39, 0.29) is 0 Å². The predicted octanol–water partition coefficient (Wildman–Crippen LogP) is 4.44. The number of hydrogen-bond donors (Lipinski definition) is 2. The van der Waals surface area contributed by atoms with Crippen LogP contribution in [0, 0.1) is 13.8 Å². The highest BCUT2D eigenvalue weighted by Gasteiger charge is 2.23. The smallest absolute Gasteiger partial charge is 0.229 e. The van der Waals surface area contributed by atoms with Crippen LogP contribution in [0.4, 0.5) is 11.8 Å². The normalized spacial score (nSPS) is 18.9. The third-order valence-corrected chi connectivity index (χ3v) is 6.91. The number of ether oxygens (including phenoxy) is 1. The molecule has 3 aromatic rings. The molecule has 2 aromatic heterocycles. The van der Waals surface area contributed by atoms with Gasteiger partial charge in [0, 0.05) is 25.3 Å². The monoisotopic (exact) mass is 448 g/mol. The van der Waals surface area contributed by atoms with Gasteiger partial charge in [-0.1, -0.05) is 42.7 Å². The minimum absolute atomic E-state index is 0.320. The molecule has 2 aliphatic heterocycles. The zero-order valence-electron chi connectivity index (χ0n) is 19.9. The third-order valence-electron chi connectivity index (χ3n) is 6.91. The average molecular weight is 449 g/mol. The van der Waals surface area contributed by atoms with Crippen molar-refractivity contribution in [3.05, 3.63) is 47.2 Å². The Balaban J connectivity index is 1.44. The van der Waals surface area contributed by atoms with E-state index in [1.54, 1.807) is 0 Å². The average Bonchev–Trinajstić information content (AvgIpc) is 3.03. The Labute approximate surface area is 196 Å². The molecule has 0 radical (unpaired) electrons. The number of rotatable bonds is 6. The first-order valence-electron chi connectivity index (χ1n) is 12.4. The largest absolute Gasteiger partial charge is 0.378 e. The maximum atomic E-state index is 5.53. The van der Waals surface area contributed by atoms with Gasteiger partial charge in [0.2, 0.25) is 5.95 Å². The first kappa shape index (κ1) is 22.2. The number of aryl methyl sites for hydroxylation is 2. The van der Waals surface area contributed by atoms with Crippen LogP contribution in [0.15, 0.2) is 30.3 Å². The summed E-state index contributed by atoms with van der Waals surface area (Å²) in [7, 11) is 0. The van der Waals surface area contributed by atoms with Crippen LogP contribution in [0.2, 0.25) is 0 Å². The molecule has 7 heteroatoms. The molecule has 176 valence electrons. The van der Waals surface area contributed by atoms with Gasteiger partial charge in [-0.05, 0) is 51.4 Å². The number of fused-ring (bicyclic) bond motifs is 1.